The summed E-state index contributed by atoms with van der Waals surface area (Å²) in [5.41, 5.74) is 6.28. The Kier molecular flexibility index (Phi) is 16.4. The SMILES string of the molecule is COc1ccc(NC(=O)c2cn3ccsc3n2)cc1C(=O)NCCOCCOCC(=O)NCCOCCOCC(=O)NCCCN. The second-order valence-corrected chi connectivity index (χ2v) is 10.4. The molecule has 2 heterocycles. The summed E-state index contributed by atoms with van der Waals surface area (Å²) in [6, 6.07) is 4.76. The minimum absolute atomic E-state index is 0.0420. The third kappa shape index (κ3) is 13.1. The molecule has 17 heteroatoms. The van der Waals surface area contributed by atoms with Crippen molar-refractivity contribution in [2.24, 2.45) is 5.73 Å². The van der Waals surface area contributed by atoms with Crippen LogP contribution in [0.5, 0.6) is 5.75 Å². The van der Waals surface area contributed by atoms with Crippen LogP contribution in [0.15, 0.2) is 36.0 Å². The molecule has 6 N–H and O–H groups in total. The van der Waals surface area contributed by atoms with Gasteiger partial charge in [0.2, 0.25) is 11.8 Å². The molecule has 4 amide bonds. The number of hydrogen-bond donors (Lipinski definition) is 5. The molecule has 0 atom stereocenters. The summed E-state index contributed by atoms with van der Waals surface area (Å²) in [5, 5.41) is 12.7. The van der Waals surface area contributed by atoms with Crippen molar-refractivity contribution >= 4 is 45.6 Å². The van der Waals surface area contributed by atoms with Crippen molar-refractivity contribution in [3.8, 4) is 5.75 Å². The van der Waals surface area contributed by atoms with Gasteiger partial charge in [0.15, 0.2) is 4.96 Å². The monoisotopic (exact) mass is 663 g/mol. The topological polar surface area (TPSA) is 206 Å². The molecule has 252 valence electrons. The lowest BCUT2D eigenvalue weighted by molar-refractivity contribution is -0.127. The molecule has 3 aromatic rings. The predicted octanol–water partition coefficient (Wildman–Crippen LogP) is 0.0341. The Hall–Kier alpha value is -4.13. The van der Waals surface area contributed by atoms with E-state index in [-0.39, 0.29) is 69.3 Å². The van der Waals surface area contributed by atoms with E-state index in [0.717, 1.165) is 0 Å². The van der Waals surface area contributed by atoms with Crippen LogP contribution in [0.2, 0.25) is 0 Å². The first-order chi connectivity index (χ1) is 22.4. The second kappa shape index (κ2) is 20.8. The van der Waals surface area contributed by atoms with E-state index in [1.54, 1.807) is 22.7 Å². The molecule has 0 aliphatic heterocycles. The van der Waals surface area contributed by atoms with Crippen molar-refractivity contribution in [1.82, 2.24) is 25.3 Å². The first-order valence-electron chi connectivity index (χ1n) is 14.7. The molecular formula is C29H41N7O9S. The highest BCUT2D eigenvalue weighted by Crippen LogP contribution is 2.23. The van der Waals surface area contributed by atoms with Gasteiger partial charge in [-0.25, -0.2) is 4.98 Å². The zero-order valence-corrected chi connectivity index (χ0v) is 26.5. The first kappa shape index (κ1) is 36.3. The van der Waals surface area contributed by atoms with Crippen molar-refractivity contribution in [1.29, 1.82) is 0 Å². The number of aromatic nitrogens is 2. The molecule has 3 rings (SSSR count). The molecule has 0 aliphatic rings. The lowest BCUT2D eigenvalue weighted by Gasteiger charge is -2.12. The van der Waals surface area contributed by atoms with E-state index in [1.807, 2.05) is 11.6 Å². The molecule has 16 nitrogen and oxygen atoms in total. The van der Waals surface area contributed by atoms with Crippen LogP contribution in [0.3, 0.4) is 0 Å². The van der Waals surface area contributed by atoms with E-state index >= 15 is 0 Å². The smallest absolute Gasteiger partial charge is 0.275 e. The fourth-order valence-corrected chi connectivity index (χ4v) is 4.49. The van der Waals surface area contributed by atoms with E-state index in [0.29, 0.717) is 55.7 Å². The van der Waals surface area contributed by atoms with Gasteiger partial charge in [-0.3, -0.25) is 23.6 Å². The summed E-state index contributed by atoms with van der Waals surface area (Å²) >= 11 is 1.42. The minimum Gasteiger partial charge on any atom is -0.496 e. The van der Waals surface area contributed by atoms with E-state index in [4.69, 9.17) is 29.4 Å². The lowest BCUT2D eigenvalue weighted by atomic mass is 10.1. The number of amides is 4. The summed E-state index contributed by atoms with van der Waals surface area (Å²) in [7, 11) is 1.45. The van der Waals surface area contributed by atoms with Gasteiger partial charge in [0.1, 0.15) is 24.7 Å². The van der Waals surface area contributed by atoms with Gasteiger partial charge >= 0.3 is 0 Å². The Morgan fingerprint density at radius 1 is 0.848 bits per heavy atom. The number of carbonyl (C=O) groups excluding carboxylic acids is 4. The van der Waals surface area contributed by atoms with Crippen LogP contribution >= 0.6 is 11.3 Å². The molecule has 0 spiro atoms. The number of benzene rings is 1. The number of methoxy groups -OCH3 is 1. The molecule has 0 radical (unpaired) electrons. The fourth-order valence-electron chi connectivity index (χ4n) is 3.79. The average Bonchev–Trinajstić information content (AvgIpc) is 3.67. The number of nitrogens with one attached hydrogen (secondary N) is 4. The Bertz CT molecular complexity index is 1370. The highest BCUT2D eigenvalue weighted by Gasteiger charge is 2.16. The van der Waals surface area contributed by atoms with E-state index in [1.165, 1.54) is 24.5 Å². The van der Waals surface area contributed by atoms with E-state index < -0.39 is 11.8 Å². The number of rotatable bonds is 23. The van der Waals surface area contributed by atoms with Crippen LogP contribution in [0.25, 0.3) is 4.96 Å². The van der Waals surface area contributed by atoms with Gasteiger partial charge in [-0.15, -0.1) is 11.3 Å². The molecule has 1 aromatic carbocycles. The largest absolute Gasteiger partial charge is 0.496 e. The summed E-state index contributed by atoms with van der Waals surface area (Å²) in [6.45, 7) is 2.89. The van der Waals surface area contributed by atoms with Gasteiger partial charge in [0.05, 0.1) is 52.3 Å². The fraction of sp³-hybridized carbons (Fsp3) is 0.483. The zero-order valence-electron chi connectivity index (χ0n) is 25.7. The third-order valence-corrected chi connectivity index (χ3v) is 6.81. The number of imidazole rings is 1. The number of nitrogens with two attached hydrogens (primary N) is 1. The Balaban J connectivity index is 1.20. The van der Waals surface area contributed by atoms with Gasteiger partial charge in [0.25, 0.3) is 11.8 Å². The summed E-state index contributed by atoms with van der Waals surface area (Å²) in [5.74, 6) is -0.941. The molecule has 0 aliphatic carbocycles. The van der Waals surface area contributed by atoms with Gasteiger partial charge < -0.3 is 50.7 Å². The third-order valence-electron chi connectivity index (χ3n) is 6.04. The highest BCUT2D eigenvalue weighted by atomic mass is 32.1. The predicted molar refractivity (Wildman–Crippen MR) is 169 cm³/mol. The van der Waals surface area contributed by atoms with Crippen LogP contribution in [0.1, 0.15) is 27.3 Å². The standard InChI is InChI=1S/C29H41N7O9S/c1-41-24-4-3-21(34-28(40)23-18-36-9-16-46-29(36)35-23)17-22(24)27(39)33-8-11-43-13-15-45-20-26(38)32-7-10-42-12-14-44-19-25(37)31-6-2-5-30/h3-4,9,16-18H,2,5-8,10-15,19-20,30H2,1H3,(H,31,37)(H,32,38)(H,33,39)(H,34,40). The van der Waals surface area contributed by atoms with Crippen molar-refractivity contribution in [3.05, 3.63) is 47.2 Å². The number of thiazole rings is 1. The van der Waals surface area contributed by atoms with E-state index in [9.17, 15) is 19.2 Å². The number of anilines is 1. The number of ether oxygens (including phenoxy) is 5. The van der Waals surface area contributed by atoms with Gasteiger partial charge in [0, 0.05) is 43.1 Å². The van der Waals surface area contributed by atoms with Crippen molar-refractivity contribution in [2.75, 3.05) is 91.5 Å². The van der Waals surface area contributed by atoms with Crippen molar-refractivity contribution in [3.63, 3.8) is 0 Å². The Morgan fingerprint density at radius 2 is 1.50 bits per heavy atom. The summed E-state index contributed by atoms with van der Waals surface area (Å²) in [4.78, 5) is 53.7. The normalized spacial score (nSPS) is 10.9. The summed E-state index contributed by atoms with van der Waals surface area (Å²) in [6.07, 6.45) is 4.16. The van der Waals surface area contributed by atoms with Crippen LogP contribution in [0, 0.1) is 0 Å². The van der Waals surface area contributed by atoms with Crippen LogP contribution < -0.4 is 31.7 Å². The Morgan fingerprint density at radius 3 is 2.15 bits per heavy atom. The maximum Gasteiger partial charge on any atom is 0.275 e. The molecule has 0 bridgehead atoms. The summed E-state index contributed by atoms with van der Waals surface area (Å²) < 4.78 is 28.4. The van der Waals surface area contributed by atoms with Crippen LogP contribution in [-0.2, 0) is 28.5 Å². The molecule has 2 aromatic heterocycles. The molecule has 46 heavy (non-hydrogen) atoms. The molecule has 0 fully saturated rings. The van der Waals surface area contributed by atoms with Crippen LogP contribution in [0.4, 0.5) is 5.69 Å². The lowest BCUT2D eigenvalue weighted by Crippen LogP contribution is -2.32. The van der Waals surface area contributed by atoms with Gasteiger partial charge in [-0.2, -0.15) is 0 Å². The van der Waals surface area contributed by atoms with Gasteiger partial charge in [-0.1, -0.05) is 0 Å². The zero-order chi connectivity index (χ0) is 33.0. The van der Waals surface area contributed by atoms with Crippen molar-refractivity contribution in [2.45, 2.75) is 6.42 Å². The molecule has 0 unspecified atom stereocenters. The van der Waals surface area contributed by atoms with Crippen molar-refractivity contribution < 1.29 is 42.9 Å². The molecule has 0 saturated heterocycles. The minimum atomic E-state index is -0.398. The van der Waals surface area contributed by atoms with Crippen LogP contribution in [-0.4, -0.2) is 119 Å². The number of nitrogens with zero attached hydrogens (tertiary/aromatic N) is 2. The first-order valence-corrected chi connectivity index (χ1v) is 15.5. The molecular weight excluding hydrogens is 622 g/mol. The molecule has 0 saturated carbocycles. The average molecular weight is 664 g/mol. The number of carbonyl (C=O) groups is 4. The van der Waals surface area contributed by atoms with Gasteiger partial charge in [-0.05, 0) is 31.2 Å². The van der Waals surface area contributed by atoms with E-state index in [2.05, 4.69) is 26.3 Å². The highest BCUT2D eigenvalue weighted by molar-refractivity contribution is 7.15. The quantitative estimate of drug-likeness (QED) is 0.0856. The Labute approximate surface area is 270 Å². The maximum absolute atomic E-state index is 12.8. The second-order valence-electron chi connectivity index (χ2n) is 9.52. The number of hydrogen-bond acceptors (Lipinski definition) is 12. The maximum atomic E-state index is 12.8. The number of fused-ring (bicyclic) bond motifs is 1.